The molecule has 0 aromatic carbocycles. The minimum absolute atomic E-state index is 0.173. The van der Waals surface area contributed by atoms with Crippen molar-refractivity contribution in [1.82, 2.24) is 4.90 Å². The van der Waals surface area contributed by atoms with Crippen molar-refractivity contribution in [3.05, 3.63) is 12.7 Å². The van der Waals surface area contributed by atoms with Crippen LogP contribution < -0.4 is 5.73 Å². The molecule has 3 N–H and O–H groups in total. The largest absolute Gasteiger partial charge is 0.481 e. The Bertz CT molecular complexity index is 343. The van der Waals surface area contributed by atoms with Crippen LogP contribution in [0.25, 0.3) is 0 Å². The quantitative estimate of drug-likeness (QED) is 0.717. The van der Waals surface area contributed by atoms with Gasteiger partial charge in [0.05, 0.1) is 11.5 Å². The Kier molecular flexibility index (Phi) is 4.90. The number of carbonyl (C=O) groups is 2. The molecule has 1 amide bonds. The summed E-state index contributed by atoms with van der Waals surface area (Å²) in [6, 6.07) is -0.607. The summed E-state index contributed by atoms with van der Waals surface area (Å²) < 4.78 is 0. The summed E-state index contributed by atoms with van der Waals surface area (Å²) in [5.41, 5.74) is 4.95. The lowest BCUT2D eigenvalue weighted by Crippen LogP contribution is -2.53. The van der Waals surface area contributed by atoms with Crippen molar-refractivity contribution in [2.45, 2.75) is 38.6 Å². The summed E-state index contributed by atoms with van der Waals surface area (Å²) in [7, 11) is 0. The molecule has 5 heteroatoms. The third kappa shape index (κ3) is 2.90. The highest BCUT2D eigenvalue weighted by atomic mass is 16.4. The monoisotopic (exact) mass is 254 g/mol. The second-order valence-electron chi connectivity index (χ2n) is 4.93. The van der Waals surface area contributed by atoms with Crippen molar-refractivity contribution in [2.75, 3.05) is 13.1 Å². The maximum Gasteiger partial charge on any atom is 0.311 e. The van der Waals surface area contributed by atoms with E-state index in [1.165, 1.54) is 0 Å². The number of hydrogen-bond acceptors (Lipinski definition) is 3. The molecule has 5 nitrogen and oxygen atoms in total. The van der Waals surface area contributed by atoms with Gasteiger partial charge in [0.25, 0.3) is 0 Å². The van der Waals surface area contributed by atoms with Crippen molar-refractivity contribution in [3.8, 4) is 0 Å². The number of rotatable bonds is 5. The number of carboxylic acids is 1. The van der Waals surface area contributed by atoms with Crippen LogP contribution in [0.15, 0.2) is 12.7 Å². The average molecular weight is 254 g/mol. The lowest BCUT2D eigenvalue weighted by molar-refractivity contribution is -0.155. The molecule has 0 aromatic rings. The van der Waals surface area contributed by atoms with E-state index >= 15 is 0 Å². The van der Waals surface area contributed by atoms with Crippen molar-refractivity contribution >= 4 is 11.9 Å². The minimum Gasteiger partial charge on any atom is -0.481 e. The number of carbonyl (C=O) groups excluding carboxylic acids is 1. The lowest BCUT2D eigenvalue weighted by atomic mass is 9.77. The normalized spacial score (nSPS) is 25.6. The summed E-state index contributed by atoms with van der Waals surface area (Å²) in [4.78, 5) is 25.1. The van der Waals surface area contributed by atoms with Crippen LogP contribution in [-0.2, 0) is 9.59 Å². The van der Waals surface area contributed by atoms with Crippen molar-refractivity contribution in [3.63, 3.8) is 0 Å². The molecule has 0 saturated carbocycles. The van der Waals surface area contributed by atoms with E-state index in [1.807, 2.05) is 6.92 Å². The summed E-state index contributed by atoms with van der Waals surface area (Å²) in [5.74, 6) is -0.992. The molecule has 102 valence electrons. The number of piperidine rings is 1. The fourth-order valence-corrected chi connectivity index (χ4v) is 2.45. The lowest BCUT2D eigenvalue weighted by Gasteiger charge is -2.40. The molecular weight excluding hydrogens is 232 g/mol. The molecule has 1 fully saturated rings. The Morgan fingerprint density at radius 1 is 1.61 bits per heavy atom. The van der Waals surface area contributed by atoms with E-state index in [-0.39, 0.29) is 12.5 Å². The number of hydrogen-bond donors (Lipinski definition) is 2. The highest BCUT2D eigenvalue weighted by Crippen LogP contribution is 2.33. The third-order valence-electron chi connectivity index (χ3n) is 3.76. The molecule has 0 radical (unpaired) electrons. The standard InChI is InChI=1S/C13H22N2O3/c1-3-6-10(14)11(16)15-8-5-7-13(4-2,9-15)12(17)18/h3,10H,1,4-9,14H2,2H3,(H,17,18). The molecule has 1 saturated heterocycles. The van der Waals surface area contributed by atoms with Gasteiger partial charge in [0, 0.05) is 13.1 Å². The van der Waals surface area contributed by atoms with E-state index in [0.29, 0.717) is 32.2 Å². The fraction of sp³-hybridized carbons (Fsp3) is 0.692. The van der Waals surface area contributed by atoms with Crippen molar-refractivity contribution in [1.29, 1.82) is 0 Å². The van der Waals surface area contributed by atoms with Crippen LogP contribution in [0.5, 0.6) is 0 Å². The third-order valence-corrected chi connectivity index (χ3v) is 3.76. The molecule has 2 atom stereocenters. The average Bonchev–Trinajstić information content (AvgIpc) is 2.37. The number of nitrogens with two attached hydrogens (primary N) is 1. The second-order valence-corrected chi connectivity index (χ2v) is 4.93. The predicted octanol–water partition coefficient (Wildman–Crippen LogP) is 0.993. The maximum atomic E-state index is 12.1. The number of amides is 1. The zero-order chi connectivity index (χ0) is 13.8. The van der Waals surface area contributed by atoms with Crippen molar-refractivity contribution < 1.29 is 14.7 Å². The van der Waals surface area contributed by atoms with Gasteiger partial charge in [-0.15, -0.1) is 6.58 Å². The van der Waals surface area contributed by atoms with Gasteiger partial charge in [0.15, 0.2) is 0 Å². The molecule has 0 aromatic heterocycles. The number of carboxylic acid groups (broad SMARTS) is 1. The highest BCUT2D eigenvalue weighted by molar-refractivity contribution is 5.83. The first-order valence-electron chi connectivity index (χ1n) is 6.35. The van der Waals surface area contributed by atoms with Crippen molar-refractivity contribution in [2.24, 2.45) is 11.1 Å². The first-order chi connectivity index (χ1) is 8.46. The van der Waals surface area contributed by atoms with E-state index in [0.717, 1.165) is 0 Å². The number of nitrogens with zero attached hydrogens (tertiary/aromatic N) is 1. The molecular formula is C13H22N2O3. The van der Waals surface area contributed by atoms with Gasteiger partial charge in [0.1, 0.15) is 0 Å². The van der Waals surface area contributed by atoms with Crippen LogP contribution in [-0.4, -0.2) is 41.0 Å². The smallest absolute Gasteiger partial charge is 0.311 e. The number of aliphatic carboxylic acids is 1. The zero-order valence-corrected chi connectivity index (χ0v) is 10.9. The van der Waals surface area contributed by atoms with Crippen LogP contribution in [0, 0.1) is 5.41 Å². The summed E-state index contributed by atoms with van der Waals surface area (Å²) >= 11 is 0. The fourth-order valence-electron chi connectivity index (χ4n) is 2.45. The van der Waals surface area contributed by atoms with Gasteiger partial charge in [-0.1, -0.05) is 13.0 Å². The molecule has 2 unspecified atom stereocenters. The van der Waals surface area contributed by atoms with E-state index in [9.17, 15) is 14.7 Å². The summed E-state index contributed by atoms with van der Waals surface area (Å²) in [6.45, 7) is 6.27. The van der Waals surface area contributed by atoms with Gasteiger partial charge >= 0.3 is 5.97 Å². The first kappa shape index (κ1) is 14.7. The van der Waals surface area contributed by atoms with E-state index in [4.69, 9.17) is 5.73 Å². The van der Waals surface area contributed by atoms with Crippen LogP contribution in [0.1, 0.15) is 32.6 Å². The SMILES string of the molecule is C=CCC(N)C(=O)N1CCCC(CC)(C(=O)O)C1. The number of likely N-dealkylation sites (tertiary alicyclic amines) is 1. The molecule has 1 heterocycles. The molecule has 0 bridgehead atoms. The Hall–Kier alpha value is -1.36. The minimum atomic E-state index is -0.820. The second kappa shape index (κ2) is 6.00. The Morgan fingerprint density at radius 3 is 2.78 bits per heavy atom. The van der Waals surface area contributed by atoms with Crippen LogP contribution >= 0.6 is 0 Å². The topological polar surface area (TPSA) is 83.6 Å². The predicted molar refractivity (Wildman–Crippen MR) is 69.0 cm³/mol. The Balaban J connectivity index is 2.77. The van der Waals surface area contributed by atoms with Gasteiger partial charge in [-0.25, -0.2) is 0 Å². The zero-order valence-electron chi connectivity index (χ0n) is 10.9. The molecule has 1 aliphatic rings. The molecule has 1 rings (SSSR count). The van der Waals surface area contributed by atoms with Gasteiger partial charge in [0.2, 0.25) is 5.91 Å². The molecule has 18 heavy (non-hydrogen) atoms. The Labute approximate surface area is 108 Å². The molecule has 1 aliphatic heterocycles. The highest BCUT2D eigenvalue weighted by Gasteiger charge is 2.42. The van der Waals surface area contributed by atoms with Gasteiger partial charge in [-0.05, 0) is 25.7 Å². The van der Waals surface area contributed by atoms with E-state index in [2.05, 4.69) is 6.58 Å². The molecule has 0 spiro atoms. The first-order valence-corrected chi connectivity index (χ1v) is 6.35. The summed E-state index contributed by atoms with van der Waals surface area (Å²) in [6.07, 6.45) is 3.90. The summed E-state index contributed by atoms with van der Waals surface area (Å²) in [5, 5.41) is 9.34. The molecule has 0 aliphatic carbocycles. The van der Waals surface area contributed by atoms with Crippen LogP contribution in [0.2, 0.25) is 0 Å². The maximum absolute atomic E-state index is 12.1. The van der Waals surface area contributed by atoms with Crippen LogP contribution in [0.3, 0.4) is 0 Å². The Morgan fingerprint density at radius 2 is 2.28 bits per heavy atom. The van der Waals surface area contributed by atoms with E-state index < -0.39 is 17.4 Å². The van der Waals surface area contributed by atoms with Gasteiger partial charge in [-0.3, -0.25) is 9.59 Å². The van der Waals surface area contributed by atoms with E-state index in [1.54, 1.807) is 11.0 Å². The van der Waals surface area contributed by atoms with Crippen LogP contribution in [0.4, 0.5) is 0 Å². The van der Waals surface area contributed by atoms with Gasteiger partial charge < -0.3 is 15.7 Å². The van der Waals surface area contributed by atoms with Gasteiger partial charge in [-0.2, -0.15) is 0 Å².